The Hall–Kier alpha value is -3.27. The van der Waals surface area contributed by atoms with Crippen LogP contribution in [0.15, 0.2) is 30.6 Å². The van der Waals surface area contributed by atoms with Gasteiger partial charge in [0.1, 0.15) is 5.82 Å². The quantitative estimate of drug-likeness (QED) is 0.694. The molecular formula is C21H24FN7O2. The van der Waals surface area contributed by atoms with Gasteiger partial charge >= 0.3 is 6.03 Å². The lowest BCUT2D eigenvalue weighted by Gasteiger charge is -2.19. The van der Waals surface area contributed by atoms with Gasteiger partial charge in [-0.1, -0.05) is 0 Å². The van der Waals surface area contributed by atoms with Gasteiger partial charge < -0.3 is 19.9 Å². The number of nitrogens with one attached hydrogen (secondary N) is 1. The molecule has 0 spiro atoms. The number of nitrogens with zero attached hydrogens (tertiary/aromatic N) is 6. The van der Waals surface area contributed by atoms with Crippen LogP contribution in [0.3, 0.4) is 0 Å². The molecule has 2 amide bonds. The van der Waals surface area contributed by atoms with Crippen molar-refractivity contribution in [3.8, 4) is 11.3 Å². The largest absolute Gasteiger partial charge is 0.380 e. The minimum atomic E-state index is -0.424. The third-order valence-electron chi connectivity index (χ3n) is 5.61. The third kappa shape index (κ3) is 4.15. The average molecular weight is 425 g/mol. The second kappa shape index (κ2) is 8.46. The van der Waals surface area contributed by atoms with Gasteiger partial charge in [-0.15, -0.1) is 5.10 Å². The number of hydrogen-bond acceptors (Lipinski definition) is 6. The maximum absolute atomic E-state index is 14.6. The van der Waals surface area contributed by atoms with Crippen LogP contribution >= 0.6 is 0 Å². The standard InChI is InChI=1S/C21H24FN7O2/c22-17-5-4-15(24-21(30)28-6-1-2-7-28)12-16(17)18-14-29-20(25-18)23-13-19(26-29)27-8-3-10-31-11-9-27/h4-5,12-14H,1-3,6-11H2,(H,24,30). The van der Waals surface area contributed by atoms with E-state index in [1.165, 1.54) is 6.07 Å². The molecule has 31 heavy (non-hydrogen) atoms. The molecule has 0 saturated carbocycles. The van der Waals surface area contributed by atoms with E-state index in [-0.39, 0.29) is 11.6 Å². The second-order valence-electron chi connectivity index (χ2n) is 7.76. The van der Waals surface area contributed by atoms with Crippen LogP contribution < -0.4 is 10.2 Å². The highest BCUT2D eigenvalue weighted by Gasteiger charge is 2.19. The zero-order valence-corrected chi connectivity index (χ0v) is 17.1. The maximum atomic E-state index is 14.6. The molecule has 2 aromatic heterocycles. The van der Waals surface area contributed by atoms with E-state index >= 15 is 0 Å². The van der Waals surface area contributed by atoms with Crippen LogP contribution in [0.25, 0.3) is 17.0 Å². The number of rotatable bonds is 3. The van der Waals surface area contributed by atoms with E-state index in [9.17, 15) is 9.18 Å². The molecule has 0 aliphatic carbocycles. The van der Waals surface area contributed by atoms with E-state index in [1.807, 2.05) is 0 Å². The fourth-order valence-electron chi connectivity index (χ4n) is 3.95. The smallest absolute Gasteiger partial charge is 0.321 e. The van der Waals surface area contributed by atoms with E-state index in [0.29, 0.717) is 23.8 Å². The predicted molar refractivity (Wildman–Crippen MR) is 114 cm³/mol. The first kappa shape index (κ1) is 19.7. The van der Waals surface area contributed by atoms with Crippen LogP contribution in [0.1, 0.15) is 19.3 Å². The van der Waals surface area contributed by atoms with Crippen LogP contribution in [-0.4, -0.2) is 69.9 Å². The first-order chi connectivity index (χ1) is 15.2. The lowest BCUT2D eigenvalue weighted by Crippen LogP contribution is -2.32. The zero-order valence-electron chi connectivity index (χ0n) is 17.1. The minimum absolute atomic E-state index is 0.167. The molecule has 10 heteroatoms. The Kier molecular flexibility index (Phi) is 5.37. The van der Waals surface area contributed by atoms with Gasteiger partial charge in [0.05, 0.1) is 24.7 Å². The molecule has 1 N–H and O–H groups in total. The Labute approximate surface area is 178 Å². The summed E-state index contributed by atoms with van der Waals surface area (Å²) in [6, 6.07) is 4.32. The molecule has 0 bridgehead atoms. The van der Waals surface area contributed by atoms with Crippen molar-refractivity contribution in [1.82, 2.24) is 24.5 Å². The van der Waals surface area contributed by atoms with Crippen molar-refractivity contribution >= 4 is 23.3 Å². The van der Waals surface area contributed by atoms with E-state index in [2.05, 4.69) is 25.3 Å². The highest BCUT2D eigenvalue weighted by atomic mass is 19.1. The van der Waals surface area contributed by atoms with E-state index in [1.54, 1.807) is 33.9 Å². The number of urea groups is 1. The second-order valence-corrected chi connectivity index (χ2v) is 7.76. The first-order valence-corrected chi connectivity index (χ1v) is 10.6. The number of anilines is 2. The minimum Gasteiger partial charge on any atom is -0.380 e. The SMILES string of the molecule is O=C(Nc1ccc(F)c(-c2cn3nc(N4CCCOCC4)cnc3n2)c1)N1CCCC1. The number of fused-ring (bicyclic) bond motifs is 1. The van der Waals surface area contributed by atoms with Crippen molar-refractivity contribution in [2.24, 2.45) is 0 Å². The Morgan fingerprint density at radius 1 is 1.10 bits per heavy atom. The number of imidazole rings is 1. The van der Waals surface area contributed by atoms with Crippen LogP contribution in [0.5, 0.6) is 0 Å². The van der Waals surface area contributed by atoms with Crippen LogP contribution in [-0.2, 0) is 4.74 Å². The Morgan fingerprint density at radius 2 is 1.97 bits per heavy atom. The lowest BCUT2D eigenvalue weighted by molar-refractivity contribution is 0.152. The van der Waals surface area contributed by atoms with Crippen LogP contribution in [0, 0.1) is 5.82 Å². The van der Waals surface area contributed by atoms with Crippen molar-refractivity contribution in [2.45, 2.75) is 19.3 Å². The number of halogens is 1. The monoisotopic (exact) mass is 425 g/mol. The normalized spacial score (nSPS) is 17.2. The summed E-state index contributed by atoms with van der Waals surface area (Å²) in [5.74, 6) is 0.692. The number of likely N-dealkylation sites (tertiary alicyclic amines) is 1. The molecule has 2 saturated heterocycles. The summed E-state index contributed by atoms with van der Waals surface area (Å²) >= 11 is 0. The first-order valence-electron chi connectivity index (χ1n) is 10.6. The zero-order chi connectivity index (χ0) is 21.2. The highest BCUT2D eigenvalue weighted by Crippen LogP contribution is 2.26. The molecular weight excluding hydrogens is 401 g/mol. The Bertz CT molecular complexity index is 1090. The molecule has 1 aromatic carbocycles. The Balaban J connectivity index is 1.41. The lowest BCUT2D eigenvalue weighted by atomic mass is 10.1. The highest BCUT2D eigenvalue weighted by molar-refractivity contribution is 5.90. The van der Waals surface area contributed by atoms with Crippen molar-refractivity contribution in [3.05, 3.63) is 36.4 Å². The molecule has 4 heterocycles. The van der Waals surface area contributed by atoms with Gasteiger partial charge in [0, 0.05) is 44.0 Å². The van der Waals surface area contributed by atoms with Crippen molar-refractivity contribution < 1.29 is 13.9 Å². The van der Waals surface area contributed by atoms with Crippen LogP contribution in [0.4, 0.5) is 20.7 Å². The molecule has 0 radical (unpaired) electrons. The summed E-state index contributed by atoms with van der Waals surface area (Å²) < 4.78 is 21.7. The van der Waals surface area contributed by atoms with Gasteiger partial charge in [-0.25, -0.2) is 23.7 Å². The summed E-state index contributed by atoms with van der Waals surface area (Å²) in [7, 11) is 0. The maximum Gasteiger partial charge on any atom is 0.321 e. The molecule has 162 valence electrons. The summed E-state index contributed by atoms with van der Waals surface area (Å²) in [6.07, 6.45) is 6.28. The van der Waals surface area contributed by atoms with Gasteiger partial charge in [-0.3, -0.25) is 0 Å². The van der Waals surface area contributed by atoms with Crippen molar-refractivity contribution in [1.29, 1.82) is 0 Å². The molecule has 2 aliphatic heterocycles. The number of carbonyl (C=O) groups excluding carboxylic acids is 1. The van der Waals surface area contributed by atoms with Crippen molar-refractivity contribution in [3.63, 3.8) is 0 Å². The summed E-state index contributed by atoms with van der Waals surface area (Å²) in [6.45, 7) is 4.47. The number of amides is 2. The molecule has 2 aliphatic rings. The summed E-state index contributed by atoms with van der Waals surface area (Å²) in [4.78, 5) is 25.1. The van der Waals surface area contributed by atoms with E-state index in [4.69, 9.17) is 4.74 Å². The van der Waals surface area contributed by atoms with Gasteiger partial charge in [0.2, 0.25) is 0 Å². The number of carbonyl (C=O) groups is 1. The van der Waals surface area contributed by atoms with E-state index < -0.39 is 5.82 Å². The fraction of sp³-hybridized carbons (Fsp3) is 0.429. The number of ether oxygens (including phenoxy) is 1. The van der Waals surface area contributed by atoms with Gasteiger partial charge in [-0.2, -0.15) is 0 Å². The van der Waals surface area contributed by atoms with Gasteiger partial charge in [0.25, 0.3) is 5.78 Å². The van der Waals surface area contributed by atoms with Crippen LogP contribution in [0.2, 0.25) is 0 Å². The number of aromatic nitrogens is 4. The van der Waals surface area contributed by atoms with Gasteiger partial charge in [0.15, 0.2) is 5.82 Å². The molecule has 0 atom stereocenters. The topological polar surface area (TPSA) is 87.9 Å². The molecule has 9 nitrogen and oxygen atoms in total. The predicted octanol–water partition coefficient (Wildman–Crippen LogP) is 2.78. The Morgan fingerprint density at radius 3 is 2.84 bits per heavy atom. The molecule has 2 fully saturated rings. The molecule has 3 aromatic rings. The van der Waals surface area contributed by atoms with E-state index in [0.717, 1.165) is 57.9 Å². The summed E-state index contributed by atoms with van der Waals surface area (Å²) in [5, 5.41) is 7.45. The molecule has 0 unspecified atom stereocenters. The fourth-order valence-corrected chi connectivity index (χ4v) is 3.95. The average Bonchev–Trinajstić information content (AvgIpc) is 3.38. The summed E-state index contributed by atoms with van der Waals surface area (Å²) in [5.41, 5.74) is 1.22. The van der Waals surface area contributed by atoms with Crippen molar-refractivity contribution in [2.75, 3.05) is 49.6 Å². The number of hydrogen-bond donors (Lipinski definition) is 1. The molecule has 5 rings (SSSR count). The number of benzene rings is 1. The third-order valence-corrected chi connectivity index (χ3v) is 5.61. The van der Waals surface area contributed by atoms with Gasteiger partial charge in [-0.05, 0) is 37.5 Å².